The second-order valence-corrected chi connectivity index (χ2v) is 8.05. The van der Waals surface area contributed by atoms with E-state index in [0.29, 0.717) is 29.1 Å². The molecule has 0 spiro atoms. The van der Waals surface area contributed by atoms with Crippen LogP contribution in [-0.2, 0) is 9.84 Å². The number of anilines is 2. The van der Waals surface area contributed by atoms with E-state index < -0.39 is 9.84 Å². The van der Waals surface area contributed by atoms with Crippen LogP contribution in [-0.4, -0.2) is 36.9 Å². The van der Waals surface area contributed by atoms with Gasteiger partial charge in [-0.05, 0) is 36.8 Å². The summed E-state index contributed by atoms with van der Waals surface area (Å²) in [6, 6.07) is 11.8. The van der Waals surface area contributed by atoms with Crippen molar-refractivity contribution in [2.45, 2.75) is 12.5 Å². The Hall–Kier alpha value is -2.92. The zero-order chi connectivity index (χ0) is 17.9. The molecule has 1 aromatic carbocycles. The lowest BCUT2D eigenvalue weighted by atomic mass is 10.2. The van der Waals surface area contributed by atoms with E-state index in [1.165, 1.54) is 6.20 Å². The Labute approximate surface area is 145 Å². The summed E-state index contributed by atoms with van der Waals surface area (Å²) in [4.78, 5) is 16.5. The van der Waals surface area contributed by atoms with Crippen LogP contribution in [0.25, 0.3) is 0 Å². The fourth-order valence-corrected chi connectivity index (χ4v) is 4.31. The molecule has 1 aliphatic rings. The Balaban J connectivity index is 1.70. The van der Waals surface area contributed by atoms with Gasteiger partial charge in [-0.3, -0.25) is 4.79 Å². The Morgan fingerprint density at radius 3 is 2.84 bits per heavy atom. The lowest BCUT2D eigenvalue weighted by Gasteiger charge is -2.12. The van der Waals surface area contributed by atoms with Gasteiger partial charge in [-0.2, -0.15) is 5.26 Å². The van der Waals surface area contributed by atoms with Crippen molar-refractivity contribution in [1.82, 2.24) is 10.3 Å². The Morgan fingerprint density at radius 2 is 2.12 bits per heavy atom. The zero-order valence-electron chi connectivity index (χ0n) is 13.3. The van der Waals surface area contributed by atoms with E-state index in [1.54, 1.807) is 36.4 Å². The third-order valence-corrected chi connectivity index (χ3v) is 5.62. The van der Waals surface area contributed by atoms with Crippen LogP contribution in [0.5, 0.6) is 0 Å². The van der Waals surface area contributed by atoms with Gasteiger partial charge in [-0.1, -0.05) is 6.07 Å². The van der Waals surface area contributed by atoms with Gasteiger partial charge in [-0.25, -0.2) is 13.4 Å². The van der Waals surface area contributed by atoms with Crippen molar-refractivity contribution < 1.29 is 13.2 Å². The number of pyridine rings is 1. The molecule has 2 aromatic rings. The highest BCUT2D eigenvalue weighted by Crippen LogP contribution is 2.17. The van der Waals surface area contributed by atoms with Crippen molar-refractivity contribution in [1.29, 1.82) is 5.26 Å². The van der Waals surface area contributed by atoms with Crippen LogP contribution in [0.4, 0.5) is 11.5 Å². The predicted molar refractivity (Wildman–Crippen MR) is 93.2 cm³/mol. The number of rotatable bonds is 4. The van der Waals surface area contributed by atoms with Gasteiger partial charge in [0.1, 0.15) is 5.82 Å². The number of aromatic nitrogens is 1. The molecule has 8 heteroatoms. The molecule has 25 heavy (non-hydrogen) atoms. The first-order chi connectivity index (χ1) is 11.9. The fourth-order valence-electron chi connectivity index (χ4n) is 2.63. The summed E-state index contributed by atoms with van der Waals surface area (Å²) in [5.74, 6) is 0.215. The average Bonchev–Trinajstić information content (AvgIpc) is 2.94. The van der Waals surface area contributed by atoms with E-state index in [2.05, 4.69) is 21.7 Å². The zero-order valence-corrected chi connectivity index (χ0v) is 14.1. The molecule has 7 nitrogen and oxygen atoms in total. The highest BCUT2D eigenvalue weighted by atomic mass is 32.2. The number of carbonyl (C=O) groups excluding carboxylic acids is 1. The molecule has 0 aliphatic carbocycles. The first-order valence-electron chi connectivity index (χ1n) is 7.70. The van der Waals surface area contributed by atoms with Crippen LogP contribution in [0.3, 0.4) is 0 Å². The summed E-state index contributed by atoms with van der Waals surface area (Å²) in [5, 5.41) is 14.7. The molecule has 1 unspecified atom stereocenters. The van der Waals surface area contributed by atoms with E-state index in [9.17, 15) is 13.2 Å². The summed E-state index contributed by atoms with van der Waals surface area (Å²) in [6.07, 6.45) is 1.93. The largest absolute Gasteiger partial charge is 0.348 e. The third kappa shape index (κ3) is 4.33. The SMILES string of the molecule is N#Cc1cccc(Nc2cc(C(=O)NC3CCS(=O)(=O)C3)ccn2)c1. The number of amides is 1. The lowest BCUT2D eigenvalue weighted by Crippen LogP contribution is -2.35. The molecule has 3 rings (SSSR count). The van der Waals surface area contributed by atoms with Gasteiger partial charge in [0.25, 0.3) is 5.91 Å². The number of nitriles is 1. The second kappa shape index (κ2) is 6.91. The number of hydrogen-bond donors (Lipinski definition) is 2. The molecule has 2 heterocycles. The van der Waals surface area contributed by atoms with Gasteiger partial charge < -0.3 is 10.6 Å². The minimum Gasteiger partial charge on any atom is -0.348 e. The molecular weight excluding hydrogens is 340 g/mol. The number of benzene rings is 1. The quantitative estimate of drug-likeness (QED) is 0.861. The van der Waals surface area contributed by atoms with E-state index in [4.69, 9.17) is 5.26 Å². The van der Waals surface area contributed by atoms with Crippen molar-refractivity contribution in [3.63, 3.8) is 0 Å². The van der Waals surface area contributed by atoms with Crippen LogP contribution >= 0.6 is 0 Å². The maximum Gasteiger partial charge on any atom is 0.251 e. The summed E-state index contributed by atoms with van der Waals surface area (Å²) in [6.45, 7) is 0. The van der Waals surface area contributed by atoms with Crippen molar-refractivity contribution in [3.8, 4) is 6.07 Å². The van der Waals surface area contributed by atoms with Crippen LogP contribution in [0.15, 0.2) is 42.6 Å². The third-order valence-electron chi connectivity index (χ3n) is 3.85. The minimum atomic E-state index is -3.04. The maximum atomic E-state index is 12.3. The van der Waals surface area contributed by atoms with Gasteiger partial charge >= 0.3 is 0 Å². The lowest BCUT2D eigenvalue weighted by molar-refractivity contribution is 0.0941. The minimum absolute atomic E-state index is 0.0180. The first-order valence-corrected chi connectivity index (χ1v) is 9.52. The smallest absolute Gasteiger partial charge is 0.251 e. The molecule has 128 valence electrons. The van der Waals surface area contributed by atoms with Gasteiger partial charge in [0, 0.05) is 23.5 Å². The number of nitrogens with zero attached hydrogens (tertiary/aromatic N) is 2. The van der Waals surface area contributed by atoms with Gasteiger partial charge in [0.05, 0.1) is 23.1 Å². The van der Waals surface area contributed by atoms with Crippen LogP contribution in [0, 0.1) is 11.3 Å². The molecule has 0 bridgehead atoms. The Bertz CT molecular complexity index is 950. The van der Waals surface area contributed by atoms with Crippen molar-refractivity contribution in [2.75, 3.05) is 16.8 Å². The molecule has 1 aliphatic heterocycles. The monoisotopic (exact) mass is 356 g/mol. The van der Waals surface area contributed by atoms with E-state index in [1.807, 2.05) is 0 Å². The molecule has 0 radical (unpaired) electrons. The van der Waals surface area contributed by atoms with Gasteiger partial charge in [-0.15, -0.1) is 0 Å². The Morgan fingerprint density at radius 1 is 1.28 bits per heavy atom. The number of nitrogens with one attached hydrogen (secondary N) is 2. The molecule has 1 atom stereocenters. The highest BCUT2D eigenvalue weighted by molar-refractivity contribution is 7.91. The summed E-state index contributed by atoms with van der Waals surface area (Å²) >= 11 is 0. The fraction of sp³-hybridized carbons (Fsp3) is 0.235. The topological polar surface area (TPSA) is 112 Å². The highest BCUT2D eigenvalue weighted by Gasteiger charge is 2.29. The number of sulfone groups is 1. The standard InChI is InChI=1S/C17H16N4O3S/c18-10-12-2-1-3-14(8-12)20-16-9-13(4-6-19-16)17(22)21-15-5-7-25(23,24)11-15/h1-4,6,8-9,15H,5,7,11H2,(H,19,20)(H,21,22). The Kier molecular flexibility index (Phi) is 4.67. The average molecular weight is 356 g/mol. The summed E-state index contributed by atoms with van der Waals surface area (Å²) < 4.78 is 22.9. The van der Waals surface area contributed by atoms with Crippen LogP contribution in [0.2, 0.25) is 0 Å². The molecule has 1 aromatic heterocycles. The van der Waals surface area contributed by atoms with E-state index in [0.717, 1.165) is 0 Å². The van der Waals surface area contributed by atoms with E-state index in [-0.39, 0.29) is 23.5 Å². The molecule has 0 saturated carbocycles. The molecule has 1 saturated heterocycles. The molecule has 1 amide bonds. The van der Waals surface area contributed by atoms with Crippen LogP contribution < -0.4 is 10.6 Å². The van der Waals surface area contributed by atoms with Crippen molar-refractivity contribution in [2.24, 2.45) is 0 Å². The molecule has 2 N–H and O–H groups in total. The van der Waals surface area contributed by atoms with Gasteiger partial charge in [0.15, 0.2) is 9.84 Å². The van der Waals surface area contributed by atoms with Crippen molar-refractivity contribution >= 4 is 27.2 Å². The molecular formula is C17H16N4O3S. The number of hydrogen-bond acceptors (Lipinski definition) is 6. The first kappa shape index (κ1) is 16.9. The van der Waals surface area contributed by atoms with Crippen LogP contribution in [0.1, 0.15) is 22.3 Å². The van der Waals surface area contributed by atoms with Gasteiger partial charge in [0.2, 0.25) is 0 Å². The number of carbonyl (C=O) groups is 1. The van der Waals surface area contributed by atoms with Crippen molar-refractivity contribution in [3.05, 3.63) is 53.7 Å². The van der Waals surface area contributed by atoms with E-state index >= 15 is 0 Å². The maximum absolute atomic E-state index is 12.3. The normalized spacial score (nSPS) is 18.3. The second-order valence-electron chi connectivity index (χ2n) is 5.82. The predicted octanol–water partition coefficient (Wildman–Crippen LogP) is 1.61. The summed E-state index contributed by atoms with van der Waals surface area (Å²) in [5.41, 5.74) is 1.59. The molecule has 1 fully saturated rings. The summed E-state index contributed by atoms with van der Waals surface area (Å²) in [7, 11) is -3.04.